The van der Waals surface area contributed by atoms with Crippen molar-refractivity contribution in [2.75, 3.05) is 18.0 Å². The molecule has 4 rings (SSSR count). The van der Waals surface area contributed by atoms with Gasteiger partial charge < -0.3 is 4.90 Å². The minimum absolute atomic E-state index is 0.130. The molecular weight excluding hydrogens is 336 g/mol. The topological polar surface area (TPSA) is 49.0 Å². The van der Waals surface area contributed by atoms with E-state index in [-0.39, 0.29) is 5.56 Å². The fraction of sp³-hybridized carbons (Fsp3) is 0.300. The molecule has 0 saturated carbocycles. The highest BCUT2D eigenvalue weighted by molar-refractivity contribution is 5.78. The number of anilines is 1. The Bertz CT molecular complexity index is 994. The first kappa shape index (κ1) is 16.7. The maximum atomic E-state index is 13.4. The number of hydrogen-bond donors (Lipinski definition) is 1. The second-order valence-electron chi connectivity index (χ2n) is 6.79. The largest absolute Gasteiger partial charge is 0.342 e. The van der Waals surface area contributed by atoms with Crippen molar-refractivity contribution in [2.45, 2.75) is 19.3 Å². The van der Waals surface area contributed by atoms with E-state index in [1.165, 1.54) is 12.1 Å². The van der Waals surface area contributed by atoms with Gasteiger partial charge in [0.25, 0.3) is 5.56 Å². The molecule has 0 spiro atoms. The Morgan fingerprint density at radius 2 is 1.85 bits per heavy atom. The number of aromatic amines is 1. The van der Waals surface area contributed by atoms with E-state index in [1.807, 2.05) is 18.2 Å². The van der Waals surface area contributed by atoms with Crippen LogP contribution in [0.5, 0.6) is 0 Å². The van der Waals surface area contributed by atoms with E-state index < -0.39 is 11.6 Å². The van der Waals surface area contributed by atoms with E-state index in [0.29, 0.717) is 22.8 Å². The summed E-state index contributed by atoms with van der Waals surface area (Å²) in [4.78, 5) is 21.7. The number of H-pyrrole nitrogens is 1. The predicted molar refractivity (Wildman–Crippen MR) is 97.4 cm³/mol. The molecular formula is C20H19F2N3O. The Balaban J connectivity index is 1.45. The minimum Gasteiger partial charge on any atom is -0.342 e. The molecule has 1 N–H and O–H groups in total. The molecule has 0 aliphatic carbocycles. The molecule has 26 heavy (non-hydrogen) atoms. The molecule has 3 aromatic rings. The molecule has 0 radical (unpaired) electrons. The van der Waals surface area contributed by atoms with Crippen LogP contribution in [-0.2, 0) is 6.42 Å². The van der Waals surface area contributed by atoms with E-state index in [2.05, 4.69) is 14.9 Å². The number of hydrogen-bond acceptors (Lipinski definition) is 3. The van der Waals surface area contributed by atoms with E-state index in [4.69, 9.17) is 0 Å². The molecule has 0 atom stereocenters. The molecule has 0 unspecified atom stereocenters. The SMILES string of the molecule is O=c1[nH]c(N2CCC(Cc3ccc(F)c(F)c3)CC2)nc2ccccc12. The zero-order valence-corrected chi connectivity index (χ0v) is 14.2. The molecule has 0 bridgehead atoms. The van der Waals surface area contributed by atoms with Crippen LogP contribution in [0, 0.1) is 17.6 Å². The average molecular weight is 355 g/mol. The monoisotopic (exact) mass is 355 g/mol. The van der Waals surface area contributed by atoms with Gasteiger partial charge >= 0.3 is 0 Å². The van der Waals surface area contributed by atoms with Crippen molar-refractivity contribution in [1.29, 1.82) is 0 Å². The molecule has 2 aromatic carbocycles. The maximum absolute atomic E-state index is 13.4. The van der Waals surface area contributed by atoms with Crippen LogP contribution in [0.1, 0.15) is 18.4 Å². The summed E-state index contributed by atoms with van der Waals surface area (Å²) in [5.74, 6) is -0.601. The van der Waals surface area contributed by atoms with Gasteiger partial charge in [-0.25, -0.2) is 13.8 Å². The Morgan fingerprint density at radius 1 is 1.08 bits per heavy atom. The highest BCUT2D eigenvalue weighted by Crippen LogP contribution is 2.24. The van der Waals surface area contributed by atoms with Gasteiger partial charge in [0.1, 0.15) is 0 Å². The van der Waals surface area contributed by atoms with Crippen molar-refractivity contribution in [3.05, 3.63) is 70.0 Å². The van der Waals surface area contributed by atoms with Crippen molar-refractivity contribution in [2.24, 2.45) is 5.92 Å². The second kappa shape index (κ2) is 6.86. The van der Waals surface area contributed by atoms with E-state index in [1.54, 1.807) is 12.1 Å². The van der Waals surface area contributed by atoms with Crippen LogP contribution in [0.3, 0.4) is 0 Å². The van der Waals surface area contributed by atoms with Crippen molar-refractivity contribution in [3.63, 3.8) is 0 Å². The number of benzene rings is 2. The zero-order chi connectivity index (χ0) is 18.1. The molecule has 1 fully saturated rings. The summed E-state index contributed by atoms with van der Waals surface area (Å²) in [7, 11) is 0. The lowest BCUT2D eigenvalue weighted by molar-refractivity contribution is 0.399. The third-order valence-electron chi connectivity index (χ3n) is 5.02. The third-order valence-corrected chi connectivity index (χ3v) is 5.02. The van der Waals surface area contributed by atoms with E-state index in [9.17, 15) is 13.6 Å². The molecule has 4 nitrogen and oxygen atoms in total. The number of piperidine rings is 1. The summed E-state index contributed by atoms with van der Waals surface area (Å²) in [6.07, 6.45) is 2.55. The van der Waals surface area contributed by atoms with Crippen LogP contribution in [0.2, 0.25) is 0 Å². The highest BCUT2D eigenvalue weighted by Gasteiger charge is 2.22. The number of aromatic nitrogens is 2. The van der Waals surface area contributed by atoms with Gasteiger partial charge in [-0.1, -0.05) is 18.2 Å². The normalized spacial score (nSPS) is 15.5. The molecule has 1 aliphatic rings. The van der Waals surface area contributed by atoms with Crippen LogP contribution < -0.4 is 10.5 Å². The number of nitrogens with zero attached hydrogens (tertiary/aromatic N) is 2. The predicted octanol–water partition coefficient (Wildman–Crippen LogP) is 3.66. The quantitative estimate of drug-likeness (QED) is 0.780. The lowest BCUT2D eigenvalue weighted by Crippen LogP contribution is -2.36. The number of nitrogens with one attached hydrogen (secondary N) is 1. The fourth-order valence-electron chi connectivity index (χ4n) is 3.57. The first-order chi connectivity index (χ1) is 12.6. The van der Waals surface area contributed by atoms with Gasteiger partial charge in [0.15, 0.2) is 11.6 Å². The first-order valence-corrected chi connectivity index (χ1v) is 8.78. The van der Waals surface area contributed by atoms with Gasteiger partial charge in [0.2, 0.25) is 5.95 Å². The molecule has 1 aliphatic heterocycles. The summed E-state index contributed by atoms with van der Waals surface area (Å²) < 4.78 is 26.4. The van der Waals surface area contributed by atoms with Gasteiger partial charge in [-0.2, -0.15) is 0 Å². The van der Waals surface area contributed by atoms with E-state index in [0.717, 1.165) is 37.9 Å². The van der Waals surface area contributed by atoms with Gasteiger partial charge in [-0.05, 0) is 55.0 Å². The van der Waals surface area contributed by atoms with Crippen LogP contribution in [-0.4, -0.2) is 23.1 Å². The Hall–Kier alpha value is -2.76. The molecule has 6 heteroatoms. The smallest absolute Gasteiger partial charge is 0.260 e. The van der Waals surface area contributed by atoms with Crippen LogP contribution in [0.15, 0.2) is 47.3 Å². The Morgan fingerprint density at radius 3 is 2.62 bits per heavy atom. The van der Waals surface area contributed by atoms with Gasteiger partial charge in [-0.15, -0.1) is 0 Å². The second-order valence-corrected chi connectivity index (χ2v) is 6.79. The van der Waals surface area contributed by atoms with Crippen molar-refractivity contribution in [3.8, 4) is 0 Å². The summed E-state index contributed by atoms with van der Waals surface area (Å²) >= 11 is 0. The summed E-state index contributed by atoms with van der Waals surface area (Å²) in [5, 5.41) is 0.587. The van der Waals surface area contributed by atoms with Crippen LogP contribution in [0.4, 0.5) is 14.7 Å². The molecule has 1 aromatic heterocycles. The van der Waals surface area contributed by atoms with Gasteiger partial charge in [-0.3, -0.25) is 9.78 Å². The number of rotatable bonds is 3. The van der Waals surface area contributed by atoms with Crippen LogP contribution in [0.25, 0.3) is 10.9 Å². The fourth-order valence-corrected chi connectivity index (χ4v) is 3.57. The van der Waals surface area contributed by atoms with E-state index >= 15 is 0 Å². The van der Waals surface area contributed by atoms with Crippen molar-refractivity contribution in [1.82, 2.24) is 9.97 Å². The number of halogens is 2. The standard InChI is InChI=1S/C20H19F2N3O/c21-16-6-5-14(12-17(16)22)11-13-7-9-25(10-8-13)20-23-18-4-2-1-3-15(18)19(26)24-20/h1-6,12-13H,7-11H2,(H,23,24,26). The summed E-state index contributed by atoms with van der Waals surface area (Å²) in [6.45, 7) is 1.55. The Labute approximate surface area is 149 Å². The lowest BCUT2D eigenvalue weighted by atomic mass is 9.90. The molecule has 134 valence electrons. The summed E-state index contributed by atoms with van der Waals surface area (Å²) in [5.41, 5.74) is 1.38. The number of para-hydroxylation sites is 1. The maximum Gasteiger partial charge on any atom is 0.260 e. The zero-order valence-electron chi connectivity index (χ0n) is 14.2. The average Bonchev–Trinajstić information content (AvgIpc) is 2.65. The molecule has 1 saturated heterocycles. The molecule has 2 heterocycles. The Kier molecular flexibility index (Phi) is 4.41. The van der Waals surface area contributed by atoms with Crippen molar-refractivity contribution < 1.29 is 8.78 Å². The first-order valence-electron chi connectivity index (χ1n) is 8.78. The van der Waals surface area contributed by atoms with Crippen LogP contribution >= 0.6 is 0 Å². The van der Waals surface area contributed by atoms with Crippen molar-refractivity contribution >= 4 is 16.9 Å². The summed E-state index contributed by atoms with van der Waals surface area (Å²) in [6, 6.07) is 11.4. The highest BCUT2D eigenvalue weighted by atomic mass is 19.2. The van der Waals surface area contributed by atoms with Gasteiger partial charge in [0.05, 0.1) is 10.9 Å². The minimum atomic E-state index is -0.810. The lowest BCUT2D eigenvalue weighted by Gasteiger charge is -2.32. The third kappa shape index (κ3) is 3.31. The van der Waals surface area contributed by atoms with Gasteiger partial charge in [0, 0.05) is 13.1 Å². The number of fused-ring (bicyclic) bond motifs is 1. The molecule has 0 amide bonds.